The number of nitrogens with zero attached hydrogens (tertiary/aromatic N) is 2. The second-order valence-electron chi connectivity index (χ2n) is 5.99. The van der Waals surface area contributed by atoms with Gasteiger partial charge >= 0.3 is 5.97 Å². The molecule has 2 aromatic rings. The first kappa shape index (κ1) is 18.1. The zero-order chi connectivity index (χ0) is 17.7. The van der Waals surface area contributed by atoms with Crippen LogP contribution in [0.15, 0.2) is 30.7 Å². The number of ether oxygens (including phenoxy) is 1. The number of methoxy groups -OCH3 is 1. The fourth-order valence-electron chi connectivity index (χ4n) is 2.27. The Bertz CT molecular complexity index is 715. The predicted octanol–water partition coefficient (Wildman–Crippen LogP) is 2.87. The van der Waals surface area contributed by atoms with Gasteiger partial charge in [-0.15, -0.1) is 11.3 Å². The smallest absolute Gasteiger partial charge is 0.308 e. The van der Waals surface area contributed by atoms with Crippen LogP contribution >= 0.6 is 11.3 Å². The number of nitrogens with one attached hydrogen (secondary N) is 1. The Morgan fingerprint density at radius 1 is 1.33 bits per heavy atom. The maximum Gasteiger partial charge on any atom is 0.308 e. The normalized spacial score (nSPS) is 13.4. The Labute approximate surface area is 145 Å². The van der Waals surface area contributed by atoms with E-state index in [4.69, 9.17) is 4.74 Å². The van der Waals surface area contributed by atoms with Crippen LogP contribution in [-0.4, -0.2) is 29.0 Å². The monoisotopic (exact) mass is 347 g/mol. The largest absolute Gasteiger partial charge is 0.469 e. The molecule has 128 valence electrons. The average Bonchev–Trinajstić information content (AvgIpc) is 3.06. The van der Waals surface area contributed by atoms with Crippen molar-refractivity contribution in [3.63, 3.8) is 0 Å². The molecule has 2 rings (SSSR count). The quantitative estimate of drug-likeness (QED) is 0.813. The molecule has 7 heteroatoms. The van der Waals surface area contributed by atoms with Gasteiger partial charge in [0.2, 0.25) is 0 Å². The van der Waals surface area contributed by atoms with Gasteiger partial charge in [-0.1, -0.05) is 13.8 Å². The summed E-state index contributed by atoms with van der Waals surface area (Å²) in [5.74, 6) is -0.400. The summed E-state index contributed by atoms with van der Waals surface area (Å²) in [6, 6.07) is 3.55. The van der Waals surface area contributed by atoms with Gasteiger partial charge in [-0.3, -0.25) is 14.6 Å². The number of hydrogen-bond donors (Lipinski definition) is 1. The van der Waals surface area contributed by atoms with E-state index in [-0.39, 0.29) is 18.2 Å². The highest BCUT2D eigenvalue weighted by Crippen LogP contribution is 2.27. The number of amides is 1. The number of esters is 1. The lowest BCUT2D eigenvalue weighted by molar-refractivity contribution is -0.142. The van der Waals surface area contributed by atoms with Gasteiger partial charge in [0.1, 0.15) is 4.88 Å². The first-order valence-corrected chi connectivity index (χ1v) is 8.43. The zero-order valence-electron chi connectivity index (χ0n) is 14.2. The molecule has 0 saturated heterocycles. The minimum Gasteiger partial charge on any atom is -0.469 e. The van der Waals surface area contributed by atoms with Crippen LogP contribution in [0.1, 0.15) is 53.4 Å². The molecule has 0 unspecified atom stereocenters. The third kappa shape index (κ3) is 4.17. The number of carbonyl (C=O) groups is 2. The van der Waals surface area contributed by atoms with Gasteiger partial charge in [-0.05, 0) is 24.6 Å². The Morgan fingerprint density at radius 3 is 2.54 bits per heavy atom. The summed E-state index contributed by atoms with van der Waals surface area (Å²) in [5.41, 5.74) is -0.111. The van der Waals surface area contributed by atoms with E-state index in [9.17, 15) is 9.59 Å². The van der Waals surface area contributed by atoms with E-state index >= 15 is 0 Å². The standard InChI is InChI=1S/C17H21N3O3S/c1-11(2)16-19-10-13(24-16)15(22)20-17(3,9-14(21)23-4)12-5-7-18-8-6-12/h5-8,10-11H,9H2,1-4H3,(H,20,22)/t17-/m1/s1. The number of aromatic nitrogens is 2. The van der Waals surface area contributed by atoms with Crippen LogP contribution in [0.5, 0.6) is 0 Å². The highest BCUT2D eigenvalue weighted by atomic mass is 32.1. The van der Waals surface area contributed by atoms with Gasteiger partial charge in [0.05, 0.1) is 30.3 Å². The van der Waals surface area contributed by atoms with Gasteiger partial charge < -0.3 is 10.1 Å². The molecule has 0 saturated carbocycles. The minimum absolute atomic E-state index is 0.0229. The highest BCUT2D eigenvalue weighted by Gasteiger charge is 2.33. The van der Waals surface area contributed by atoms with Crippen LogP contribution in [0, 0.1) is 0 Å². The molecule has 6 nitrogen and oxygen atoms in total. The summed E-state index contributed by atoms with van der Waals surface area (Å²) >= 11 is 1.36. The van der Waals surface area contributed by atoms with E-state index in [1.807, 2.05) is 13.8 Å². The van der Waals surface area contributed by atoms with Crippen molar-refractivity contribution < 1.29 is 14.3 Å². The number of rotatable bonds is 6. The SMILES string of the molecule is COC(=O)C[C@@](C)(NC(=O)c1cnc(C(C)C)s1)c1ccncc1. The molecule has 0 aliphatic carbocycles. The van der Waals surface area contributed by atoms with Crippen molar-refractivity contribution in [3.05, 3.63) is 46.2 Å². The van der Waals surface area contributed by atoms with Crippen LogP contribution in [0.2, 0.25) is 0 Å². The van der Waals surface area contributed by atoms with E-state index in [2.05, 4.69) is 15.3 Å². The maximum atomic E-state index is 12.6. The molecule has 0 fully saturated rings. The second kappa shape index (κ2) is 7.53. The van der Waals surface area contributed by atoms with Crippen LogP contribution in [0.3, 0.4) is 0 Å². The summed E-state index contributed by atoms with van der Waals surface area (Å²) in [7, 11) is 1.33. The van der Waals surface area contributed by atoms with E-state index in [1.165, 1.54) is 18.4 Å². The fraction of sp³-hybridized carbons (Fsp3) is 0.412. The molecular formula is C17H21N3O3S. The Balaban J connectivity index is 2.27. The minimum atomic E-state index is -0.894. The summed E-state index contributed by atoms with van der Waals surface area (Å²) < 4.78 is 4.77. The number of hydrogen-bond acceptors (Lipinski definition) is 6. The molecule has 1 atom stereocenters. The zero-order valence-corrected chi connectivity index (χ0v) is 15.0. The van der Waals surface area contributed by atoms with Gasteiger partial charge in [-0.2, -0.15) is 0 Å². The molecule has 2 heterocycles. The summed E-state index contributed by atoms with van der Waals surface area (Å²) in [5, 5.41) is 3.85. The summed E-state index contributed by atoms with van der Waals surface area (Å²) in [6.07, 6.45) is 4.84. The van der Waals surface area contributed by atoms with Crippen molar-refractivity contribution in [2.75, 3.05) is 7.11 Å². The van der Waals surface area contributed by atoms with E-state index in [0.29, 0.717) is 4.88 Å². The number of thiazole rings is 1. The van der Waals surface area contributed by atoms with Crippen LogP contribution in [-0.2, 0) is 15.1 Å². The molecule has 0 radical (unpaired) electrons. The molecule has 2 aromatic heterocycles. The van der Waals surface area contributed by atoms with E-state index < -0.39 is 11.5 Å². The summed E-state index contributed by atoms with van der Waals surface area (Å²) in [6.45, 7) is 5.85. The van der Waals surface area contributed by atoms with Crippen LogP contribution < -0.4 is 5.32 Å². The third-order valence-corrected chi connectivity index (χ3v) is 4.97. The van der Waals surface area contributed by atoms with Gasteiger partial charge in [-0.25, -0.2) is 4.98 Å². The van der Waals surface area contributed by atoms with Gasteiger partial charge in [0, 0.05) is 18.3 Å². The lowest BCUT2D eigenvalue weighted by Crippen LogP contribution is -2.45. The molecule has 0 aromatic carbocycles. The Hall–Kier alpha value is -2.28. The molecular weight excluding hydrogens is 326 g/mol. The maximum absolute atomic E-state index is 12.6. The third-order valence-electron chi connectivity index (χ3n) is 3.67. The Kier molecular flexibility index (Phi) is 5.66. The van der Waals surface area contributed by atoms with Gasteiger partial charge in [0.25, 0.3) is 5.91 Å². The number of carbonyl (C=O) groups excluding carboxylic acids is 2. The second-order valence-corrected chi connectivity index (χ2v) is 7.05. The molecule has 24 heavy (non-hydrogen) atoms. The van der Waals surface area contributed by atoms with Crippen molar-refractivity contribution in [2.45, 2.75) is 38.6 Å². The Morgan fingerprint density at radius 2 is 2.00 bits per heavy atom. The first-order valence-electron chi connectivity index (χ1n) is 7.61. The van der Waals surface area contributed by atoms with Gasteiger partial charge in [0.15, 0.2) is 0 Å². The van der Waals surface area contributed by atoms with Crippen LogP contribution in [0.4, 0.5) is 0 Å². The molecule has 0 bridgehead atoms. The van der Waals surface area contributed by atoms with Crippen molar-refractivity contribution >= 4 is 23.2 Å². The van der Waals surface area contributed by atoms with Crippen molar-refractivity contribution in [3.8, 4) is 0 Å². The molecule has 0 aliphatic rings. The van der Waals surface area contributed by atoms with Crippen LogP contribution in [0.25, 0.3) is 0 Å². The van der Waals surface area contributed by atoms with Crippen molar-refractivity contribution in [1.82, 2.24) is 15.3 Å². The fourth-order valence-corrected chi connectivity index (χ4v) is 3.09. The summed E-state index contributed by atoms with van der Waals surface area (Å²) in [4.78, 5) is 33.2. The highest BCUT2D eigenvalue weighted by molar-refractivity contribution is 7.13. The van der Waals surface area contributed by atoms with E-state index in [0.717, 1.165) is 10.6 Å². The topological polar surface area (TPSA) is 81.2 Å². The lowest BCUT2D eigenvalue weighted by Gasteiger charge is -2.30. The molecule has 1 N–H and O–H groups in total. The molecule has 0 aliphatic heterocycles. The van der Waals surface area contributed by atoms with E-state index in [1.54, 1.807) is 37.6 Å². The predicted molar refractivity (Wildman–Crippen MR) is 91.9 cm³/mol. The molecule has 0 spiro atoms. The number of pyridine rings is 1. The molecule has 1 amide bonds. The first-order chi connectivity index (χ1) is 11.4. The van der Waals surface area contributed by atoms with Crippen molar-refractivity contribution in [1.29, 1.82) is 0 Å². The average molecular weight is 347 g/mol. The lowest BCUT2D eigenvalue weighted by atomic mass is 9.89. The van der Waals surface area contributed by atoms with Crippen molar-refractivity contribution in [2.24, 2.45) is 0 Å².